The Morgan fingerprint density at radius 1 is 1.53 bits per heavy atom. The molecule has 0 spiro atoms. The van der Waals surface area contributed by atoms with Crippen molar-refractivity contribution in [2.75, 3.05) is 24.3 Å². The van der Waals surface area contributed by atoms with E-state index in [9.17, 15) is 9.00 Å². The molecule has 0 radical (unpaired) electrons. The third kappa shape index (κ3) is 4.55. The maximum absolute atomic E-state index is 12.2. The highest BCUT2D eigenvalue weighted by Gasteiger charge is 2.18. The number of rotatable bonds is 6. The number of ether oxygens (including phenoxy) is 1. The second kappa shape index (κ2) is 7.13. The van der Waals surface area contributed by atoms with Crippen LogP contribution in [0.1, 0.15) is 24.2 Å². The van der Waals surface area contributed by atoms with Gasteiger partial charge in [-0.25, -0.2) is 0 Å². The fourth-order valence-corrected chi connectivity index (χ4v) is 2.54. The molecule has 2 unspecified atom stereocenters. The molecule has 0 aliphatic rings. The highest BCUT2D eigenvalue weighted by atomic mass is 32.2. The summed E-state index contributed by atoms with van der Waals surface area (Å²) < 4.78 is 16.5. The van der Waals surface area contributed by atoms with Crippen LogP contribution in [0.4, 0.5) is 5.69 Å². The lowest BCUT2D eigenvalue weighted by Crippen LogP contribution is -2.36. The van der Waals surface area contributed by atoms with E-state index in [-0.39, 0.29) is 11.9 Å². The van der Waals surface area contributed by atoms with Crippen LogP contribution in [0.5, 0.6) is 5.75 Å². The first-order valence-electron chi connectivity index (χ1n) is 6.07. The Morgan fingerprint density at radius 2 is 2.21 bits per heavy atom. The average molecular weight is 284 g/mol. The number of anilines is 1. The summed E-state index contributed by atoms with van der Waals surface area (Å²) >= 11 is 0. The SMILES string of the molecule is CCOc1cccc(N)c1C(=O)NC(C)CS(C)=O. The molecule has 2 atom stereocenters. The first-order chi connectivity index (χ1) is 8.95. The van der Waals surface area contributed by atoms with Gasteiger partial charge in [0.25, 0.3) is 5.91 Å². The lowest BCUT2D eigenvalue weighted by Gasteiger charge is -2.16. The minimum absolute atomic E-state index is 0.188. The van der Waals surface area contributed by atoms with E-state index in [0.29, 0.717) is 29.4 Å². The zero-order valence-corrected chi connectivity index (χ0v) is 12.3. The number of amides is 1. The van der Waals surface area contributed by atoms with E-state index in [1.165, 1.54) is 0 Å². The smallest absolute Gasteiger partial charge is 0.257 e. The van der Waals surface area contributed by atoms with Crippen molar-refractivity contribution in [2.45, 2.75) is 19.9 Å². The summed E-state index contributed by atoms with van der Waals surface area (Å²) in [6.45, 7) is 4.10. The van der Waals surface area contributed by atoms with Crippen molar-refractivity contribution in [2.24, 2.45) is 0 Å². The van der Waals surface area contributed by atoms with Gasteiger partial charge in [0.15, 0.2) is 0 Å². The Bertz CT molecular complexity index is 477. The van der Waals surface area contributed by atoms with Gasteiger partial charge in [-0.05, 0) is 26.0 Å². The van der Waals surface area contributed by atoms with E-state index >= 15 is 0 Å². The lowest BCUT2D eigenvalue weighted by molar-refractivity contribution is 0.0941. The standard InChI is InChI=1S/C13H20N2O3S/c1-4-18-11-7-5-6-10(14)12(11)13(16)15-9(2)8-19(3)17/h5-7,9H,4,8,14H2,1-3H3,(H,15,16). The average Bonchev–Trinajstić information content (AvgIpc) is 2.27. The highest BCUT2D eigenvalue weighted by Crippen LogP contribution is 2.24. The van der Waals surface area contributed by atoms with Crippen molar-refractivity contribution < 1.29 is 13.7 Å². The minimum Gasteiger partial charge on any atom is -0.493 e. The van der Waals surface area contributed by atoms with Crippen LogP contribution in [0.25, 0.3) is 0 Å². The Hall–Kier alpha value is -1.56. The molecule has 5 nitrogen and oxygen atoms in total. The predicted molar refractivity (Wildman–Crippen MR) is 77.9 cm³/mol. The van der Waals surface area contributed by atoms with E-state index in [0.717, 1.165) is 0 Å². The fraction of sp³-hybridized carbons (Fsp3) is 0.462. The van der Waals surface area contributed by atoms with Crippen LogP contribution in [0.3, 0.4) is 0 Å². The van der Waals surface area contributed by atoms with Gasteiger partial charge in [0, 0.05) is 34.5 Å². The number of hydrogen-bond acceptors (Lipinski definition) is 4. The van der Waals surface area contributed by atoms with Crippen molar-refractivity contribution in [3.05, 3.63) is 23.8 Å². The third-order valence-electron chi connectivity index (χ3n) is 2.45. The highest BCUT2D eigenvalue weighted by molar-refractivity contribution is 7.84. The van der Waals surface area contributed by atoms with Gasteiger partial charge in [-0.2, -0.15) is 0 Å². The number of carbonyl (C=O) groups excluding carboxylic acids is 1. The molecule has 6 heteroatoms. The van der Waals surface area contributed by atoms with Gasteiger partial charge in [0.1, 0.15) is 11.3 Å². The quantitative estimate of drug-likeness (QED) is 0.768. The molecule has 0 fully saturated rings. The summed E-state index contributed by atoms with van der Waals surface area (Å²) in [5.41, 5.74) is 6.53. The van der Waals surface area contributed by atoms with Crippen LogP contribution in [-0.2, 0) is 10.8 Å². The summed E-state index contributed by atoms with van der Waals surface area (Å²) in [5, 5.41) is 2.78. The minimum atomic E-state index is -0.960. The predicted octanol–water partition coefficient (Wildman–Crippen LogP) is 1.16. The van der Waals surface area contributed by atoms with E-state index < -0.39 is 10.8 Å². The molecule has 1 aromatic rings. The second-order valence-corrected chi connectivity index (χ2v) is 5.75. The zero-order chi connectivity index (χ0) is 14.4. The molecule has 1 rings (SSSR count). The molecule has 1 aromatic carbocycles. The van der Waals surface area contributed by atoms with E-state index in [4.69, 9.17) is 10.5 Å². The molecular weight excluding hydrogens is 264 g/mol. The molecule has 0 aromatic heterocycles. The van der Waals surface area contributed by atoms with Crippen molar-refractivity contribution in [1.82, 2.24) is 5.32 Å². The molecule has 0 heterocycles. The monoisotopic (exact) mass is 284 g/mol. The molecule has 0 bridgehead atoms. The van der Waals surface area contributed by atoms with E-state index in [1.54, 1.807) is 31.4 Å². The second-order valence-electron chi connectivity index (χ2n) is 4.27. The molecule has 0 aliphatic heterocycles. The molecule has 1 amide bonds. The number of nitrogens with one attached hydrogen (secondary N) is 1. The van der Waals surface area contributed by atoms with Gasteiger partial charge >= 0.3 is 0 Å². The molecule has 106 valence electrons. The number of carbonyl (C=O) groups is 1. The van der Waals surface area contributed by atoms with Crippen molar-refractivity contribution in [3.8, 4) is 5.75 Å². The molecule has 0 aliphatic carbocycles. The van der Waals surface area contributed by atoms with E-state index in [2.05, 4.69) is 5.32 Å². The van der Waals surface area contributed by atoms with Gasteiger partial charge in [0.2, 0.25) is 0 Å². The molecule has 0 saturated heterocycles. The van der Waals surface area contributed by atoms with Gasteiger partial charge in [-0.15, -0.1) is 0 Å². The van der Waals surface area contributed by atoms with Crippen molar-refractivity contribution >= 4 is 22.4 Å². The lowest BCUT2D eigenvalue weighted by atomic mass is 10.1. The summed E-state index contributed by atoms with van der Waals surface area (Å²) in [5.74, 6) is 0.562. The van der Waals surface area contributed by atoms with Crippen LogP contribution in [0, 0.1) is 0 Å². The van der Waals surface area contributed by atoms with Gasteiger partial charge in [-0.1, -0.05) is 6.07 Å². The van der Waals surface area contributed by atoms with Crippen LogP contribution >= 0.6 is 0 Å². The van der Waals surface area contributed by atoms with Crippen LogP contribution < -0.4 is 15.8 Å². The van der Waals surface area contributed by atoms with E-state index in [1.807, 2.05) is 6.92 Å². The molecule has 3 N–H and O–H groups in total. The van der Waals surface area contributed by atoms with Crippen molar-refractivity contribution in [1.29, 1.82) is 0 Å². The Labute approximate surface area is 116 Å². The summed E-state index contributed by atoms with van der Waals surface area (Å²) in [6, 6.07) is 4.91. The number of nitrogens with two attached hydrogens (primary N) is 1. The largest absolute Gasteiger partial charge is 0.493 e. The van der Waals surface area contributed by atoms with Gasteiger partial charge < -0.3 is 15.8 Å². The zero-order valence-electron chi connectivity index (χ0n) is 11.4. The summed E-state index contributed by atoms with van der Waals surface area (Å²) in [4.78, 5) is 12.2. The first kappa shape index (κ1) is 15.5. The van der Waals surface area contributed by atoms with Gasteiger partial charge in [0.05, 0.1) is 6.61 Å². The topological polar surface area (TPSA) is 81.4 Å². The molecular formula is C13H20N2O3S. The first-order valence-corrected chi connectivity index (χ1v) is 7.80. The maximum Gasteiger partial charge on any atom is 0.257 e. The Morgan fingerprint density at radius 3 is 2.79 bits per heavy atom. The third-order valence-corrected chi connectivity index (χ3v) is 3.42. The van der Waals surface area contributed by atoms with Gasteiger partial charge in [-0.3, -0.25) is 9.00 Å². The Kier molecular flexibility index (Phi) is 5.82. The number of hydrogen-bond donors (Lipinski definition) is 2. The van der Waals surface area contributed by atoms with Crippen LogP contribution in [0.2, 0.25) is 0 Å². The van der Waals surface area contributed by atoms with Crippen LogP contribution in [-0.4, -0.2) is 34.8 Å². The fourth-order valence-electron chi connectivity index (χ4n) is 1.76. The summed E-state index contributed by atoms with van der Waals surface area (Å²) in [7, 11) is -0.960. The van der Waals surface area contributed by atoms with Crippen LogP contribution in [0.15, 0.2) is 18.2 Å². The molecule has 0 saturated carbocycles. The number of benzene rings is 1. The molecule has 19 heavy (non-hydrogen) atoms. The normalized spacial score (nSPS) is 13.6. The Balaban J connectivity index is 2.89. The summed E-state index contributed by atoms with van der Waals surface area (Å²) in [6.07, 6.45) is 1.60. The number of nitrogen functional groups attached to an aromatic ring is 1. The van der Waals surface area contributed by atoms with Crippen molar-refractivity contribution in [3.63, 3.8) is 0 Å². The maximum atomic E-state index is 12.2.